The van der Waals surface area contributed by atoms with Crippen LogP contribution in [0.15, 0.2) is 47.4 Å². The number of alkyl halides is 2. The summed E-state index contributed by atoms with van der Waals surface area (Å²) in [7, 11) is 0. The molecule has 0 atom stereocenters. The number of benzene rings is 1. The van der Waals surface area contributed by atoms with Crippen LogP contribution in [0, 0.1) is 6.92 Å². The van der Waals surface area contributed by atoms with Crippen molar-refractivity contribution in [2.45, 2.75) is 17.6 Å². The average molecular weight is 294 g/mol. The van der Waals surface area contributed by atoms with Crippen LogP contribution in [0.5, 0.6) is 0 Å². The molecule has 0 bridgehead atoms. The molecule has 104 valence electrons. The number of anilines is 1. The first-order valence-corrected chi connectivity index (χ1v) is 6.73. The van der Waals surface area contributed by atoms with Crippen LogP contribution in [-0.4, -0.2) is 16.6 Å². The molecular weight excluding hydrogens is 282 g/mol. The van der Waals surface area contributed by atoms with Gasteiger partial charge in [-0.1, -0.05) is 30.0 Å². The Morgan fingerprint density at radius 3 is 2.65 bits per heavy atom. The molecule has 0 saturated heterocycles. The molecule has 0 spiro atoms. The van der Waals surface area contributed by atoms with Crippen LogP contribution in [0.2, 0.25) is 0 Å². The first-order chi connectivity index (χ1) is 9.56. The second-order valence-electron chi connectivity index (χ2n) is 3.99. The first kappa shape index (κ1) is 14.5. The lowest BCUT2D eigenvalue weighted by atomic mass is 10.2. The Morgan fingerprint density at radius 2 is 1.95 bits per heavy atom. The van der Waals surface area contributed by atoms with E-state index >= 15 is 0 Å². The van der Waals surface area contributed by atoms with Gasteiger partial charge < -0.3 is 5.32 Å². The molecule has 0 aliphatic heterocycles. The van der Waals surface area contributed by atoms with Crippen LogP contribution in [0.3, 0.4) is 0 Å². The van der Waals surface area contributed by atoms with E-state index in [1.807, 2.05) is 0 Å². The lowest BCUT2D eigenvalue weighted by molar-refractivity contribution is 0.102. The van der Waals surface area contributed by atoms with Gasteiger partial charge in [-0.2, -0.15) is 8.78 Å². The molecule has 2 aromatic rings. The monoisotopic (exact) mass is 294 g/mol. The van der Waals surface area contributed by atoms with E-state index in [4.69, 9.17) is 0 Å². The summed E-state index contributed by atoms with van der Waals surface area (Å²) in [6.07, 6.45) is 0. The van der Waals surface area contributed by atoms with Gasteiger partial charge in [0.2, 0.25) is 0 Å². The van der Waals surface area contributed by atoms with Crippen molar-refractivity contribution in [2.75, 3.05) is 5.32 Å². The third-order valence-electron chi connectivity index (χ3n) is 2.47. The summed E-state index contributed by atoms with van der Waals surface area (Å²) in [5, 5.41) is 2.60. The van der Waals surface area contributed by atoms with Crippen LogP contribution in [0.4, 0.5) is 14.5 Å². The smallest absolute Gasteiger partial charge is 0.288 e. The van der Waals surface area contributed by atoms with Gasteiger partial charge in [-0.15, -0.1) is 0 Å². The van der Waals surface area contributed by atoms with E-state index in [1.165, 1.54) is 6.07 Å². The number of aryl methyl sites for hydroxylation is 1. The normalized spacial score (nSPS) is 10.6. The van der Waals surface area contributed by atoms with Crippen molar-refractivity contribution in [3.8, 4) is 0 Å². The number of aromatic nitrogens is 1. The second-order valence-corrected chi connectivity index (χ2v) is 5.02. The molecule has 20 heavy (non-hydrogen) atoms. The van der Waals surface area contributed by atoms with Crippen LogP contribution >= 0.6 is 11.8 Å². The summed E-state index contributed by atoms with van der Waals surface area (Å²) in [5.74, 6) is -2.96. The molecule has 1 N–H and O–H groups in total. The number of pyridine rings is 1. The number of hydrogen-bond donors (Lipinski definition) is 1. The molecule has 3 nitrogen and oxygen atoms in total. The van der Waals surface area contributed by atoms with Gasteiger partial charge in [-0.3, -0.25) is 4.79 Å². The van der Waals surface area contributed by atoms with E-state index in [-0.39, 0.29) is 5.69 Å². The van der Waals surface area contributed by atoms with Gasteiger partial charge in [0.25, 0.3) is 11.7 Å². The average Bonchev–Trinajstić information content (AvgIpc) is 2.40. The molecule has 0 radical (unpaired) electrons. The van der Waals surface area contributed by atoms with Gasteiger partial charge in [0, 0.05) is 10.6 Å². The number of nitrogens with one attached hydrogen (secondary N) is 1. The zero-order chi connectivity index (χ0) is 14.5. The Hall–Kier alpha value is -1.95. The predicted molar refractivity (Wildman–Crippen MR) is 75.2 cm³/mol. The quantitative estimate of drug-likeness (QED) is 0.868. The van der Waals surface area contributed by atoms with Gasteiger partial charge in [-0.05, 0) is 31.2 Å². The molecule has 1 amide bonds. The summed E-state index contributed by atoms with van der Waals surface area (Å²) in [6, 6.07) is 11.5. The molecule has 0 saturated carbocycles. The van der Waals surface area contributed by atoms with Gasteiger partial charge in [0.15, 0.2) is 0 Å². The largest absolute Gasteiger partial charge is 0.320 e. The van der Waals surface area contributed by atoms with Crippen molar-refractivity contribution in [1.29, 1.82) is 0 Å². The van der Waals surface area contributed by atoms with Gasteiger partial charge in [-0.25, -0.2) is 4.98 Å². The van der Waals surface area contributed by atoms with Crippen LogP contribution in [-0.2, 0) is 0 Å². The Bertz CT molecular complexity index is 620. The fourth-order valence-corrected chi connectivity index (χ4v) is 2.22. The molecule has 1 heterocycles. The Morgan fingerprint density at radius 1 is 1.20 bits per heavy atom. The highest BCUT2D eigenvalue weighted by Gasteiger charge is 2.13. The summed E-state index contributed by atoms with van der Waals surface area (Å²) in [4.78, 5) is 16.4. The molecule has 1 aromatic carbocycles. The third kappa shape index (κ3) is 3.77. The van der Waals surface area contributed by atoms with E-state index in [9.17, 15) is 13.6 Å². The predicted octanol–water partition coefficient (Wildman–Crippen LogP) is 3.96. The molecule has 0 fully saturated rings. The number of carbonyl (C=O) groups excluding carboxylic acids is 1. The summed E-state index contributed by atoms with van der Waals surface area (Å²) >= 11 is 0.397. The van der Waals surface area contributed by atoms with Crippen LogP contribution in [0.25, 0.3) is 0 Å². The number of thioether (sulfide) groups is 1. The minimum Gasteiger partial charge on any atom is -0.320 e. The minimum absolute atomic E-state index is 0.252. The van der Waals surface area contributed by atoms with E-state index < -0.39 is 11.7 Å². The summed E-state index contributed by atoms with van der Waals surface area (Å²) in [6.45, 7) is 1.78. The van der Waals surface area contributed by atoms with Gasteiger partial charge in [0.05, 0.1) is 5.69 Å². The van der Waals surface area contributed by atoms with Crippen LogP contribution < -0.4 is 5.32 Å². The van der Waals surface area contributed by atoms with Crippen molar-refractivity contribution >= 4 is 23.4 Å². The van der Waals surface area contributed by atoms with E-state index in [1.54, 1.807) is 43.3 Å². The van der Waals surface area contributed by atoms with E-state index in [0.29, 0.717) is 28.0 Å². The summed E-state index contributed by atoms with van der Waals surface area (Å²) < 4.78 is 24.9. The molecule has 0 aliphatic rings. The highest BCUT2D eigenvalue weighted by atomic mass is 32.2. The zero-order valence-corrected chi connectivity index (χ0v) is 11.5. The Kier molecular flexibility index (Phi) is 4.68. The second kappa shape index (κ2) is 6.47. The van der Waals surface area contributed by atoms with Crippen LogP contribution in [0.1, 0.15) is 16.2 Å². The molecule has 0 unspecified atom stereocenters. The van der Waals surface area contributed by atoms with E-state index in [2.05, 4.69) is 10.3 Å². The number of nitrogens with zero attached hydrogens (tertiary/aromatic N) is 1. The fourth-order valence-electron chi connectivity index (χ4n) is 1.62. The highest BCUT2D eigenvalue weighted by molar-refractivity contribution is 7.99. The maximum atomic E-state index is 12.5. The fraction of sp³-hybridized carbons (Fsp3) is 0.143. The zero-order valence-electron chi connectivity index (χ0n) is 10.6. The molecule has 6 heteroatoms. The maximum absolute atomic E-state index is 12.5. The van der Waals surface area contributed by atoms with Crippen molar-refractivity contribution in [3.63, 3.8) is 0 Å². The number of para-hydroxylation sites is 1. The number of hydrogen-bond acceptors (Lipinski definition) is 3. The highest BCUT2D eigenvalue weighted by Crippen LogP contribution is 2.31. The first-order valence-electron chi connectivity index (χ1n) is 5.85. The van der Waals surface area contributed by atoms with Crippen molar-refractivity contribution in [3.05, 3.63) is 53.9 Å². The number of rotatable bonds is 4. The Labute approximate surface area is 119 Å². The molecule has 1 aromatic heterocycles. The maximum Gasteiger partial charge on any atom is 0.288 e. The molecule has 0 aliphatic carbocycles. The molecule has 2 rings (SSSR count). The number of halogens is 2. The number of carbonyl (C=O) groups is 1. The van der Waals surface area contributed by atoms with Gasteiger partial charge in [0.1, 0.15) is 5.69 Å². The molecular formula is C14H12F2N2OS. The number of amides is 1. The lowest BCUT2D eigenvalue weighted by Gasteiger charge is -2.10. The third-order valence-corrected chi connectivity index (χ3v) is 3.26. The van der Waals surface area contributed by atoms with Gasteiger partial charge >= 0.3 is 0 Å². The topological polar surface area (TPSA) is 42.0 Å². The van der Waals surface area contributed by atoms with Crippen molar-refractivity contribution < 1.29 is 13.6 Å². The van der Waals surface area contributed by atoms with Crippen molar-refractivity contribution in [1.82, 2.24) is 4.98 Å². The Balaban J connectivity index is 2.19. The van der Waals surface area contributed by atoms with Crippen molar-refractivity contribution in [2.24, 2.45) is 0 Å². The lowest BCUT2D eigenvalue weighted by Crippen LogP contribution is -2.14. The SMILES string of the molecule is Cc1cccc(C(=O)Nc2ccccc2SC(F)F)n1. The minimum atomic E-state index is -2.54. The summed E-state index contributed by atoms with van der Waals surface area (Å²) in [5.41, 5.74) is 1.32. The standard InChI is InChI=1S/C14H12F2N2OS/c1-9-5-4-7-11(17-9)13(19)18-10-6-2-3-8-12(10)20-14(15)16/h2-8,14H,1H3,(H,18,19). The van der Waals surface area contributed by atoms with E-state index in [0.717, 1.165) is 0 Å².